The number of rotatable bonds is 7. The highest BCUT2D eigenvalue weighted by molar-refractivity contribution is 5.18. The maximum Gasteiger partial charge on any atom is 0.126 e. The Hall–Kier alpha value is -0.930. The molecule has 1 aliphatic rings. The molecular weight excluding hydrogens is 263 g/mol. The standard InChI is InChI=1S/C18H29FN2/c1-3-12-21(14-17-9-6-7-11-20-17)15(2)13-16-8-4-5-10-18(16)19/h4-5,8,10,15,17,20H,3,6-7,9,11-14H2,1-2H3. The van der Waals surface area contributed by atoms with E-state index in [1.807, 2.05) is 12.1 Å². The summed E-state index contributed by atoms with van der Waals surface area (Å²) in [5, 5.41) is 3.62. The van der Waals surface area contributed by atoms with E-state index in [0.717, 1.165) is 38.0 Å². The summed E-state index contributed by atoms with van der Waals surface area (Å²) in [4.78, 5) is 2.52. The van der Waals surface area contributed by atoms with E-state index in [2.05, 4.69) is 24.1 Å². The molecule has 0 aliphatic carbocycles. The summed E-state index contributed by atoms with van der Waals surface area (Å²) >= 11 is 0. The van der Waals surface area contributed by atoms with Gasteiger partial charge in [0, 0.05) is 18.6 Å². The predicted molar refractivity (Wildman–Crippen MR) is 87.1 cm³/mol. The highest BCUT2D eigenvalue weighted by atomic mass is 19.1. The van der Waals surface area contributed by atoms with Crippen LogP contribution in [0.4, 0.5) is 4.39 Å². The van der Waals surface area contributed by atoms with Gasteiger partial charge in [-0.15, -0.1) is 0 Å². The Kier molecular flexibility index (Phi) is 6.65. The fourth-order valence-corrected chi connectivity index (χ4v) is 3.25. The summed E-state index contributed by atoms with van der Waals surface area (Å²) < 4.78 is 13.8. The molecule has 1 aliphatic heterocycles. The van der Waals surface area contributed by atoms with Gasteiger partial charge in [-0.2, -0.15) is 0 Å². The average Bonchev–Trinajstić information content (AvgIpc) is 2.50. The maximum absolute atomic E-state index is 13.8. The van der Waals surface area contributed by atoms with Gasteiger partial charge in [0.25, 0.3) is 0 Å². The second kappa shape index (κ2) is 8.50. The number of hydrogen-bond acceptors (Lipinski definition) is 2. The van der Waals surface area contributed by atoms with E-state index in [1.54, 1.807) is 12.1 Å². The molecule has 1 aromatic rings. The van der Waals surface area contributed by atoms with Crippen LogP contribution in [0.5, 0.6) is 0 Å². The predicted octanol–water partition coefficient (Wildman–Crippen LogP) is 3.61. The minimum absolute atomic E-state index is 0.0726. The summed E-state index contributed by atoms with van der Waals surface area (Å²) in [5.41, 5.74) is 0.836. The molecule has 1 fully saturated rings. The first-order chi connectivity index (χ1) is 10.2. The first-order valence-electron chi connectivity index (χ1n) is 8.41. The van der Waals surface area contributed by atoms with Gasteiger partial charge in [-0.25, -0.2) is 4.39 Å². The zero-order chi connectivity index (χ0) is 15.1. The largest absolute Gasteiger partial charge is 0.313 e. The molecule has 1 aromatic carbocycles. The second-order valence-electron chi connectivity index (χ2n) is 6.29. The van der Waals surface area contributed by atoms with Gasteiger partial charge < -0.3 is 5.32 Å². The molecule has 0 aromatic heterocycles. The van der Waals surface area contributed by atoms with Crippen LogP contribution in [0.3, 0.4) is 0 Å². The second-order valence-corrected chi connectivity index (χ2v) is 6.29. The van der Waals surface area contributed by atoms with E-state index in [0.29, 0.717) is 12.1 Å². The van der Waals surface area contributed by atoms with Gasteiger partial charge in [-0.3, -0.25) is 4.90 Å². The molecule has 0 saturated carbocycles. The van der Waals surface area contributed by atoms with Crippen molar-refractivity contribution in [2.75, 3.05) is 19.6 Å². The lowest BCUT2D eigenvalue weighted by molar-refractivity contribution is 0.173. The highest BCUT2D eigenvalue weighted by Crippen LogP contribution is 2.15. The van der Waals surface area contributed by atoms with Gasteiger partial charge in [-0.05, 0) is 57.3 Å². The lowest BCUT2D eigenvalue weighted by atomic mass is 10.0. The Bertz CT molecular complexity index is 415. The third-order valence-corrected chi connectivity index (χ3v) is 4.47. The summed E-state index contributed by atoms with van der Waals surface area (Å²) in [6.45, 7) is 7.77. The first-order valence-corrected chi connectivity index (χ1v) is 8.41. The minimum atomic E-state index is -0.0726. The van der Waals surface area contributed by atoms with Crippen molar-refractivity contribution in [2.24, 2.45) is 0 Å². The first kappa shape index (κ1) is 16.4. The van der Waals surface area contributed by atoms with Crippen LogP contribution in [-0.4, -0.2) is 36.6 Å². The third kappa shape index (κ3) is 5.08. The van der Waals surface area contributed by atoms with Gasteiger partial charge in [0.2, 0.25) is 0 Å². The SMILES string of the molecule is CCCN(CC1CCCCN1)C(C)Cc1ccccc1F. The Morgan fingerprint density at radius 3 is 2.81 bits per heavy atom. The zero-order valence-corrected chi connectivity index (χ0v) is 13.4. The van der Waals surface area contributed by atoms with Gasteiger partial charge >= 0.3 is 0 Å². The van der Waals surface area contributed by atoms with E-state index < -0.39 is 0 Å². The summed E-state index contributed by atoms with van der Waals surface area (Å²) in [6.07, 6.45) is 5.84. The number of nitrogens with one attached hydrogen (secondary N) is 1. The smallest absolute Gasteiger partial charge is 0.126 e. The topological polar surface area (TPSA) is 15.3 Å². The molecular formula is C18H29FN2. The Labute approximate surface area is 128 Å². The number of hydrogen-bond donors (Lipinski definition) is 1. The quantitative estimate of drug-likeness (QED) is 0.826. The molecule has 2 rings (SSSR count). The molecule has 1 heterocycles. The van der Waals surface area contributed by atoms with Crippen LogP contribution in [0, 0.1) is 5.82 Å². The fraction of sp³-hybridized carbons (Fsp3) is 0.667. The van der Waals surface area contributed by atoms with E-state index in [1.165, 1.54) is 19.3 Å². The van der Waals surface area contributed by atoms with Crippen LogP contribution < -0.4 is 5.32 Å². The lowest BCUT2D eigenvalue weighted by Gasteiger charge is -2.34. The van der Waals surface area contributed by atoms with E-state index >= 15 is 0 Å². The van der Waals surface area contributed by atoms with Crippen LogP contribution in [-0.2, 0) is 6.42 Å². The maximum atomic E-state index is 13.8. The van der Waals surface area contributed by atoms with Crippen molar-refractivity contribution in [3.8, 4) is 0 Å². The molecule has 0 amide bonds. The van der Waals surface area contributed by atoms with Crippen molar-refractivity contribution in [1.82, 2.24) is 10.2 Å². The summed E-state index contributed by atoms with van der Waals surface area (Å²) in [7, 11) is 0. The lowest BCUT2D eigenvalue weighted by Crippen LogP contribution is -2.47. The molecule has 3 heteroatoms. The van der Waals surface area contributed by atoms with Gasteiger partial charge in [0.1, 0.15) is 5.82 Å². The molecule has 1 saturated heterocycles. The normalized spacial score (nSPS) is 20.7. The molecule has 0 radical (unpaired) electrons. The average molecular weight is 292 g/mol. The minimum Gasteiger partial charge on any atom is -0.313 e. The number of halogens is 1. The van der Waals surface area contributed by atoms with Crippen molar-refractivity contribution in [3.05, 3.63) is 35.6 Å². The van der Waals surface area contributed by atoms with Crippen molar-refractivity contribution in [1.29, 1.82) is 0 Å². The van der Waals surface area contributed by atoms with Gasteiger partial charge in [0.05, 0.1) is 0 Å². The fourth-order valence-electron chi connectivity index (χ4n) is 3.25. The van der Waals surface area contributed by atoms with Crippen molar-refractivity contribution < 1.29 is 4.39 Å². The molecule has 2 nitrogen and oxygen atoms in total. The van der Waals surface area contributed by atoms with Crippen molar-refractivity contribution in [2.45, 2.75) is 58.0 Å². The monoisotopic (exact) mass is 292 g/mol. The van der Waals surface area contributed by atoms with Crippen molar-refractivity contribution >= 4 is 0 Å². The van der Waals surface area contributed by atoms with Crippen LogP contribution >= 0.6 is 0 Å². The Morgan fingerprint density at radius 2 is 2.14 bits per heavy atom. The Morgan fingerprint density at radius 1 is 1.33 bits per heavy atom. The van der Waals surface area contributed by atoms with Gasteiger partial charge in [-0.1, -0.05) is 31.5 Å². The zero-order valence-electron chi connectivity index (χ0n) is 13.4. The van der Waals surface area contributed by atoms with Crippen LogP contribution in [0.2, 0.25) is 0 Å². The molecule has 21 heavy (non-hydrogen) atoms. The van der Waals surface area contributed by atoms with E-state index in [-0.39, 0.29) is 5.82 Å². The number of benzene rings is 1. The van der Waals surface area contributed by atoms with Crippen LogP contribution in [0.25, 0.3) is 0 Å². The number of piperidine rings is 1. The summed E-state index contributed by atoms with van der Waals surface area (Å²) in [5.74, 6) is -0.0726. The third-order valence-electron chi connectivity index (χ3n) is 4.47. The van der Waals surface area contributed by atoms with E-state index in [9.17, 15) is 4.39 Å². The molecule has 0 spiro atoms. The highest BCUT2D eigenvalue weighted by Gasteiger charge is 2.20. The van der Waals surface area contributed by atoms with Gasteiger partial charge in [0.15, 0.2) is 0 Å². The van der Waals surface area contributed by atoms with Crippen LogP contribution in [0.15, 0.2) is 24.3 Å². The molecule has 2 unspecified atom stereocenters. The molecule has 1 N–H and O–H groups in total. The number of nitrogens with zero attached hydrogens (tertiary/aromatic N) is 1. The van der Waals surface area contributed by atoms with Crippen molar-refractivity contribution in [3.63, 3.8) is 0 Å². The Balaban J connectivity index is 1.94. The summed E-state index contributed by atoms with van der Waals surface area (Å²) in [6, 6.07) is 8.15. The van der Waals surface area contributed by atoms with Crippen LogP contribution in [0.1, 0.15) is 45.1 Å². The van der Waals surface area contributed by atoms with E-state index in [4.69, 9.17) is 0 Å². The molecule has 2 atom stereocenters. The molecule has 0 bridgehead atoms. The molecule has 118 valence electrons.